The minimum absolute atomic E-state index is 0.0140. The van der Waals surface area contributed by atoms with E-state index in [-0.39, 0.29) is 5.91 Å². The molecule has 0 saturated carbocycles. The fourth-order valence-electron chi connectivity index (χ4n) is 2.88. The second-order valence-corrected chi connectivity index (χ2v) is 7.74. The first-order valence-electron chi connectivity index (χ1n) is 8.24. The highest BCUT2D eigenvalue weighted by molar-refractivity contribution is 7.17. The summed E-state index contributed by atoms with van der Waals surface area (Å²) in [6.45, 7) is 6.16. The molecule has 0 radical (unpaired) electrons. The van der Waals surface area contributed by atoms with E-state index in [2.05, 4.69) is 20.6 Å². The number of amides is 1. The average Bonchev–Trinajstić information content (AvgIpc) is 3.21. The van der Waals surface area contributed by atoms with Crippen molar-refractivity contribution in [3.8, 4) is 10.6 Å². The van der Waals surface area contributed by atoms with Crippen LogP contribution >= 0.6 is 22.7 Å². The number of aryl methyl sites for hydroxylation is 1. The van der Waals surface area contributed by atoms with Crippen molar-refractivity contribution in [3.63, 3.8) is 0 Å². The van der Waals surface area contributed by atoms with E-state index in [1.807, 2.05) is 18.4 Å². The van der Waals surface area contributed by atoms with E-state index in [9.17, 15) is 4.79 Å². The highest BCUT2D eigenvalue weighted by atomic mass is 32.1. The lowest BCUT2D eigenvalue weighted by Gasteiger charge is -2.26. The molecule has 0 aromatic carbocycles. The Balaban J connectivity index is 1.48. The van der Waals surface area contributed by atoms with Gasteiger partial charge in [-0.1, -0.05) is 6.42 Å². The van der Waals surface area contributed by atoms with Crippen LogP contribution in [0.5, 0.6) is 0 Å². The Bertz CT molecular complexity index is 630. The first kappa shape index (κ1) is 16.6. The summed E-state index contributed by atoms with van der Waals surface area (Å²) in [4.78, 5) is 20.1. The number of piperidine rings is 1. The summed E-state index contributed by atoms with van der Waals surface area (Å²) in [6, 6.07) is 2.04. The summed E-state index contributed by atoms with van der Waals surface area (Å²) in [5.74, 6) is 0.0140. The molecule has 1 aliphatic rings. The zero-order valence-corrected chi connectivity index (χ0v) is 15.1. The molecule has 3 heterocycles. The topological polar surface area (TPSA) is 45.2 Å². The Labute approximate surface area is 145 Å². The van der Waals surface area contributed by atoms with Gasteiger partial charge in [-0.3, -0.25) is 4.79 Å². The number of hydrogen-bond donors (Lipinski definition) is 1. The number of nitrogens with zero attached hydrogens (tertiary/aromatic N) is 2. The lowest BCUT2D eigenvalue weighted by atomic mass is 10.1. The van der Waals surface area contributed by atoms with Crippen LogP contribution in [0.2, 0.25) is 0 Å². The van der Waals surface area contributed by atoms with Crippen LogP contribution in [0.3, 0.4) is 0 Å². The highest BCUT2D eigenvalue weighted by Crippen LogP contribution is 2.29. The summed E-state index contributed by atoms with van der Waals surface area (Å²) in [6.07, 6.45) is 5.01. The molecule has 2 aromatic rings. The van der Waals surface area contributed by atoms with Crippen molar-refractivity contribution in [2.24, 2.45) is 0 Å². The van der Waals surface area contributed by atoms with Gasteiger partial charge in [0.25, 0.3) is 5.91 Å². The van der Waals surface area contributed by atoms with Crippen LogP contribution in [0.25, 0.3) is 10.6 Å². The summed E-state index contributed by atoms with van der Waals surface area (Å²) >= 11 is 3.13. The minimum atomic E-state index is 0.0140. The molecule has 0 unspecified atom stereocenters. The zero-order valence-electron chi connectivity index (χ0n) is 13.5. The Morgan fingerprint density at radius 1 is 1.35 bits per heavy atom. The van der Waals surface area contributed by atoms with E-state index >= 15 is 0 Å². The lowest BCUT2D eigenvalue weighted by Crippen LogP contribution is -2.33. The largest absolute Gasteiger partial charge is 0.351 e. The minimum Gasteiger partial charge on any atom is -0.351 e. The zero-order chi connectivity index (χ0) is 16.1. The molecular formula is C17H23N3OS2. The van der Waals surface area contributed by atoms with Crippen LogP contribution in [-0.2, 0) is 0 Å². The van der Waals surface area contributed by atoms with E-state index in [1.54, 1.807) is 11.3 Å². The van der Waals surface area contributed by atoms with Crippen molar-refractivity contribution in [2.75, 3.05) is 26.2 Å². The Morgan fingerprint density at radius 3 is 2.91 bits per heavy atom. The number of carbonyl (C=O) groups excluding carboxylic acids is 1. The van der Waals surface area contributed by atoms with Crippen molar-refractivity contribution >= 4 is 28.6 Å². The molecule has 0 atom stereocenters. The molecule has 4 nitrogen and oxygen atoms in total. The van der Waals surface area contributed by atoms with Crippen LogP contribution < -0.4 is 5.32 Å². The molecule has 1 fully saturated rings. The highest BCUT2D eigenvalue weighted by Gasteiger charge is 2.16. The third kappa shape index (κ3) is 4.40. The molecular weight excluding hydrogens is 326 g/mol. The van der Waals surface area contributed by atoms with Crippen molar-refractivity contribution in [3.05, 3.63) is 27.4 Å². The number of aromatic nitrogens is 1. The number of rotatable bonds is 6. The summed E-state index contributed by atoms with van der Waals surface area (Å²) in [5, 5.41) is 8.08. The van der Waals surface area contributed by atoms with Crippen LogP contribution in [0, 0.1) is 6.92 Å². The molecule has 1 saturated heterocycles. The molecule has 1 amide bonds. The molecule has 23 heavy (non-hydrogen) atoms. The average molecular weight is 350 g/mol. The number of likely N-dealkylation sites (tertiary alicyclic amines) is 1. The fourth-order valence-corrected chi connectivity index (χ4v) is 4.58. The second kappa shape index (κ2) is 8.04. The van der Waals surface area contributed by atoms with Gasteiger partial charge in [0.2, 0.25) is 0 Å². The smallest absolute Gasteiger partial charge is 0.263 e. The van der Waals surface area contributed by atoms with E-state index in [4.69, 9.17) is 0 Å². The first-order chi connectivity index (χ1) is 11.2. The second-order valence-electron chi connectivity index (χ2n) is 5.96. The summed E-state index contributed by atoms with van der Waals surface area (Å²) < 4.78 is 0. The van der Waals surface area contributed by atoms with Gasteiger partial charge in [0.05, 0.1) is 5.69 Å². The molecule has 1 aliphatic heterocycles. The molecule has 3 rings (SSSR count). The Hall–Kier alpha value is -1.24. The predicted octanol–water partition coefficient (Wildman–Crippen LogP) is 3.79. The molecule has 6 heteroatoms. The monoisotopic (exact) mass is 349 g/mol. The fraction of sp³-hybridized carbons (Fsp3) is 0.529. The van der Waals surface area contributed by atoms with Gasteiger partial charge in [-0.15, -0.1) is 11.3 Å². The summed E-state index contributed by atoms with van der Waals surface area (Å²) in [7, 11) is 0. The van der Waals surface area contributed by atoms with Gasteiger partial charge < -0.3 is 10.2 Å². The Morgan fingerprint density at radius 2 is 2.17 bits per heavy atom. The molecule has 1 N–H and O–H groups in total. The van der Waals surface area contributed by atoms with Crippen molar-refractivity contribution in [1.82, 2.24) is 15.2 Å². The van der Waals surface area contributed by atoms with Gasteiger partial charge in [0, 0.05) is 17.5 Å². The summed E-state index contributed by atoms with van der Waals surface area (Å²) in [5.41, 5.74) is 1.93. The maximum absolute atomic E-state index is 12.3. The van der Waals surface area contributed by atoms with E-state index < -0.39 is 0 Å². The van der Waals surface area contributed by atoms with Crippen LogP contribution in [0.4, 0.5) is 0 Å². The molecule has 124 valence electrons. The van der Waals surface area contributed by atoms with Crippen molar-refractivity contribution in [1.29, 1.82) is 0 Å². The van der Waals surface area contributed by atoms with Gasteiger partial charge in [0.15, 0.2) is 0 Å². The Kier molecular flexibility index (Phi) is 5.80. The van der Waals surface area contributed by atoms with E-state index in [0.29, 0.717) is 0 Å². The number of nitrogens with one attached hydrogen (secondary N) is 1. The third-order valence-electron chi connectivity index (χ3n) is 4.16. The van der Waals surface area contributed by atoms with Gasteiger partial charge in [-0.25, -0.2) is 4.98 Å². The van der Waals surface area contributed by atoms with Gasteiger partial charge in [0.1, 0.15) is 9.88 Å². The van der Waals surface area contributed by atoms with Gasteiger partial charge in [-0.2, -0.15) is 11.3 Å². The standard InChI is InChI=1S/C17H23N3OS2/c1-13-15(23-17(19-13)14-6-11-22-12-14)16(21)18-7-5-10-20-8-3-2-4-9-20/h6,11-12H,2-5,7-10H2,1H3,(H,18,21). The quantitative estimate of drug-likeness (QED) is 0.807. The molecule has 0 spiro atoms. The number of thiophene rings is 1. The SMILES string of the molecule is Cc1nc(-c2ccsc2)sc1C(=O)NCCCN1CCCCC1. The number of thiazole rings is 1. The maximum atomic E-state index is 12.3. The number of hydrogen-bond acceptors (Lipinski definition) is 5. The molecule has 2 aromatic heterocycles. The van der Waals surface area contributed by atoms with Crippen LogP contribution in [-0.4, -0.2) is 42.0 Å². The van der Waals surface area contributed by atoms with Crippen LogP contribution in [0.1, 0.15) is 41.0 Å². The van der Waals surface area contributed by atoms with Crippen molar-refractivity contribution in [2.45, 2.75) is 32.6 Å². The lowest BCUT2D eigenvalue weighted by molar-refractivity contribution is 0.0954. The molecule has 0 aliphatic carbocycles. The third-order valence-corrected chi connectivity index (χ3v) is 6.04. The van der Waals surface area contributed by atoms with E-state index in [1.165, 1.54) is 43.7 Å². The van der Waals surface area contributed by atoms with Crippen molar-refractivity contribution < 1.29 is 4.79 Å². The number of carbonyl (C=O) groups is 1. The first-order valence-corrected chi connectivity index (χ1v) is 10.0. The predicted molar refractivity (Wildman–Crippen MR) is 97.4 cm³/mol. The maximum Gasteiger partial charge on any atom is 0.263 e. The van der Waals surface area contributed by atoms with Gasteiger partial charge >= 0.3 is 0 Å². The van der Waals surface area contributed by atoms with Crippen LogP contribution in [0.15, 0.2) is 16.8 Å². The normalized spacial score (nSPS) is 15.7. The molecule has 0 bridgehead atoms. The van der Waals surface area contributed by atoms with E-state index in [0.717, 1.165) is 40.7 Å². The van der Waals surface area contributed by atoms with Gasteiger partial charge in [-0.05, 0) is 57.3 Å².